The van der Waals surface area contributed by atoms with Gasteiger partial charge in [-0.25, -0.2) is 0 Å². The van der Waals surface area contributed by atoms with E-state index in [1.807, 2.05) is 25.1 Å². The molecule has 1 aliphatic rings. The van der Waals surface area contributed by atoms with Crippen LogP contribution in [0.25, 0.3) is 6.08 Å². The van der Waals surface area contributed by atoms with Crippen molar-refractivity contribution in [2.24, 2.45) is 0 Å². The maximum absolute atomic E-state index is 12.0. The minimum Gasteiger partial charge on any atom is -0.497 e. The van der Waals surface area contributed by atoms with E-state index in [4.69, 9.17) is 4.74 Å². The van der Waals surface area contributed by atoms with Gasteiger partial charge in [0.1, 0.15) is 5.75 Å². The number of thioether (sulfide) groups is 1. The highest BCUT2D eigenvalue weighted by molar-refractivity contribution is 8.18. The molecule has 2 rings (SSSR count). The van der Waals surface area contributed by atoms with Crippen molar-refractivity contribution in [1.82, 2.24) is 4.90 Å². The first-order chi connectivity index (χ1) is 9.06. The van der Waals surface area contributed by atoms with Crippen LogP contribution < -0.4 is 4.74 Å². The summed E-state index contributed by atoms with van der Waals surface area (Å²) >= 11 is 0.987. The van der Waals surface area contributed by atoms with Gasteiger partial charge in [0.15, 0.2) is 0 Å². The minimum absolute atomic E-state index is 0.204. The molecule has 1 saturated heterocycles. The molecular weight excluding hydrogens is 262 g/mol. The van der Waals surface area contributed by atoms with Gasteiger partial charge in [-0.15, -0.1) is 0 Å². The zero-order chi connectivity index (χ0) is 14.0. The summed E-state index contributed by atoms with van der Waals surface area (Å²) in [6.07, 6.45) is 1.76. The number of hydrogen-bond donors (Lipinski definition) is 0. The Kier molecular flexibility index (Phi) is 3.95. The highest BCUT2D eigenvalue weighted by Crippen LogP contribution is 2.32. The molecule has 0 spiro atoms. The van der Waals surface area contributed by atoms with Crippen molar-refractivity contribution >= 4 is 29.0 Å². The van der Waals surface area contributed by atoms with E-state index in [-0.39, 0.29) is 11.1 Å². The molecule has 2 amide bonds. The van der Waals surface area contributed by atoms with E-state index in [2.05, 4.69) is 0 Å². The van der Waals surface area contributed by atoms with Gasteiger partial charge in [0.25, 0.3) is 11.1 Å². The van der Waals surface area contributed by atoms with Crippen LogP contribution in [0.4, 0.5) is 4.79 Å². The Balaban J connectivity index is 2.32. The van der Waals surface area contributed by atoms with Gasteiger partial charge in [0, 0.05) is 6.54 Å². The second-order valence-corrected chi connectivity index (χ2v) is 5.14. The smallest absolute Gasteiger partial charge is 0.293 e. The Morgan fingerprint density at radius 2 is 2.11 bits per heavy atom. The molecule has 1 aliphatic heterocycles. The normalized spacial score (nSPS) is 17.4. The topological polar surface area (TPSA) is 46.6 Å². The van der Waals surface area contributed by atoms with Crippen LogP contribution in [0.3, 0.4) is 0 Å². The van der Waals surface area contributed by atoms with Gasteiger partial charge in [-0.1, -0.05) is 6.07 Å². The van der Waals surface area contributed by atoms with Gasteiger partial charge >= 0.3 is 0 Å². The van der Waals surface area contributed by atoms with Crippen LogP contribution in [0.1, 0.15) is 18.1 Å². The SMILES string of the molecule is CCN1C(=O)S/C(=C/c2ccc(OC)cc2C)C1=O. The predicted molar refractivity (Wildman–Crippen MR) is 76.1 cm³/mol. The van der Waals surface area contributed by atoms with Crippen molar-refractivity contribution in [2.45, 2.75) is 13.8 Å². The van der Waals surface area contributed by atoms with Crippen LogP contribution in [-0.4, -0.2) is 29.7 Å². The fraction of sp³-hybridized carbons (Fsp3) is 0.286. The Morgan fingerprint density at radius 1 is 1.37 bits per heavy atom. The molecule has 0 radical (unpaired) electrons. The number of carbonyl (C=O) groups excluding carboxylic acids is 2. The fourth-order valence-electron chi connectivity index (χ4n) is 1.85. The molecule has 0 saturated carbocycles. The second kappa shape index (κ2) is 5.48. The number of hydrogen-bond acceptors (Lipinski definition) is 4. The van der Waals surface area contributed by atoms with Crippen molar-refractivity contribution in [3.63, 3.8) is 0 Å². The molecule has 0 atom stereocenters. The number of imide groups is 1. The maximum Gasteiger partial charge on any atom is 0.293 e. The van der Waals surface area contributed by atoms with Crippen LogP contribution in [0.15, 0.2) is 23.1 Å². The van der Waals surface area contributed by atoms with Gasteiger partial charge in [-0.2, -0.15) is 0 Å². The molecule has 1 heterocycles. The molecule has 1 aromatic carbocycles. The first kappa shape index (κ1) is 13.7. The summed E-state index contributed by atoms with van der Waals surface area (Å²) in [5.41, 5.74) is 1.92. The quantitative estimate of drug-likeness (QED) is 0.797. The maximum atomic E-state index is 12.0. The molecule has 0 N–H and O–H groups in total. The number of methoxy groups -OCH3 is 1. The van der Waals surface area contributed by atoms with Gasteiger partial charge in [0.2, 0.25) is 0 Å². The highest BCUT2D eigenvalue weighted by Gasteiger charge is 2.33. The van der Waals surface area contributed by atoms with E-state index >= 15 is 0 Å². The number of rotatable bonds is 3. The molecule has 0 unspecified atom stereocenters. The van der Waals surface area contributed by atoms with Gasteiger partial charge < -0.3 is 4.74 Å². The number of ether oxygens (including phenoxy) is 1. The molecule has 4 nitrogen and oxygen atoms in total. The van der Waals surface area contributed by atoms with E-state index in [1.54, 1.807) is 20.1 Å². The van der Waals surface area contributed by atoms with E-state index in [0.717, 1.165) is 28.6 Å². The molecule has 0 aliphatic carbocycles. The van der Waals surface area contributed by atoms with Crippen molar-refractivity contribution in [3.05, 3.63) is 34.2 Å². The molecule has 1 fully saturated rings. The first-order valence-electron chi connectivity index (χ1n) is 5.96. The minimum atomic E-state index is -0.215. The third-order valence-corrected chi connectivity index (χ3v) is 3.86. The summed E-state index contributed by atoms with van der Waals surface area (Å²) in [5.74, 6) is 0.559. The number of aryl methyl sites for hydroxylation is 1. The van der Waals surface area contributed by atoms with Crippen LogP contribution in [0.2, 0.25) is 0 Å². The zero-order valence-electron chi connectivity index (χ0n) is 11.1. The van der Waals surface area contributed by atoms with Crippen molar-refractivity contribution in [3.8, 4) is 5.75 Å². The third-order valence-electron chi connectivity index (χ3n) is 2.95. The Morgan fingerprint density at radius 3 is 2.63 bits per heavy atom. The standard InChI is InChI=1S/C14H15NO3S/c1-4-15-13(16)12(19-14(15)17)8-10-5-6-11(18-3)7-9(10)2/h5-8H,4H2,1-3H3/b12-8+. The number of carbonyl (C=O) groups is 2. The average molecular weight is 277 g/mol. The Hall–Kier alpha value is -1.75. The predicted octanol–water partition coefficient (Wildman–Crippen LogP) is 3.06. The van der Waals surface area contributed by atoms with E-state index < -0.39 is 0 Å². The van der Waals surface area contributed by atoms with E-state index in [9.17, 15) is 9.59 Å². The third kappa shape index (κ3) is 2.66. The molecule has 0 aromatic heterocycles. The molecule has 1 aromatic rings. The number of benzene rings is 1. The van der Waals surface area contributed by atoms with Crippen molar-refractivity contribution in [2.75, 3.05) is 13.7 Å². The summed E-state index contributed by atoms with van der Waals surface area (Å²) in [5, 5.41) is -0.204. The van der Waals surface area contributed by atoms with Crippen LogP contribution in [0, 0.1) is 6.92 Å². The summed E-state index contributed by atoms with van der Waals surface area (Å²) < 4.78 is 5.14. The van der Waals surface area contributed by atoms with Gasteiger partial charge in [0.05, 0.1) is 12.0 Å². The summed E-state index contributed by atoms with van der Waals surface area (Å²) in [6, 6.07) is 5.62. The molecule has 5 heteroatoms. The highest BCUT2D eigenvalue weighted by atomic mass is 32.2. The fourth-order valence-corrected chi connectivity index (χ4v) is 2.74. The lowest BCUT2D eigenvalue weighted by Gasteiger charge is -2.07. The second-order valence-electron chi connectivity index (χ2n) is 4.15. The number of likely N-dealkylation sites (N-methyl/N-ethyl adjacent to an activating group) is 1. The number of nitrogens with zero attached hydrogens (tertiary/aromatic N) is 1. The molecule has 100 valence electrons. The molecular formula is C14H15NO3S. The average Bonchev–Trinajstić information content (AvgIpc) is 2.66. The van der Waals surface area contributed by atoms with Gasteiger partial charge in [-0.05, 0) is 54.9 Å². The lowest BCUT2D eigenvalue weighted by molar-refractivity contribution is -0.122. The monoisotopic (exact) mass is 277 g/mol. The summed E-state index contributed by atoms with van der Waals surface area (Å²) in [7, 11) is 1.61. The van der Waals surface area contributed by atoms with Crippen molar-refractivity contribution in [1.29, 1.82) is 0 Å². The van der Waals surface area contributed by atoms with Gasteiger partial charge in [-0.3, -0.25) is 14.5 Å². The van der Waals surface area contributed by atoms with Crippen molar-refractivity contribution < 1.29 is 14.3 Å². The summed E-state index contributed by atoms with van der Waals surface area (Å²) in [6.45, 7) is 4.14. The van der Waals surface area contributed by atoms with Crippen LogP contribution >= 0.6 is 11.8 Å². The Labute approximate surface area is 116 Å². The lowest BCUT2D eigenvalue weighted by Crippen LogP contribution is -2.27. The molecule has 0 bridgehead atoms. The van der Waals surface area contributed by atoms with E-state index in [0.29, 0.717) is 11.4 Å². The Bertz CT molecular complexity index is 566. The summed E-state index contributed by atoms with van der Waals surface area (Å²) in [4.78, 5) is 25.3. The first-order valence-corrected chi connectivity index (χ1v) is 6.78. The lowest BCUT2D eigenvalue weighted by atomic mass is 10.1. The van der Waals surface area contributed by atoms with Crippen LogP contribution in [-0.2, 0) is 4.79 Å². The van der Waals surface area contributed by atoms with Crippen LogP contribution in [0.5, 0.6) is 5.75 Å². The largest absolute Gasteiger partial charge is 0.497 e. The van der Waals surface area contributed by atoms with E-state index in [1.165, 1.54) is 4.90 Å². The number of amides is 2. The zero-order valence-corrected chi connectivity index (χ0v) is 11.9. The molecule has 19 heavy (non-hydrogen) atoms.